The Hall–Kier alpha value is -1.10. The Morgan fingerprint density at radius 2 is 2.50 bits per heavy atom. The van der Waals surface area contributed by atoms with E-state index in [1.54, 1.807) is 0 Å². The molecule has 1 aliphatic rings. The van der Waals surface area contributed by atoms with Crippen molar-refractivity contribution >= 4 is 11.9 Å². The summed E-state index contributed by atoms with van der Waals surface area (Å²) in [6.07, 6.45) is 3.16. The van der Waals surface area contributed by atoms with Crippen LogP contribution in [-0.2, 0) is 19.1 Å². The number of cyclic esters (lactones) is 1. The van der Waals surface area contributed by atoms with Gasteiger partial charge in [0.05, 0.1) is 19.4 Å². The lowest BCUT2D eigenvalue weighted by molar-refractivity contribution is -0.202. The van der Waals surface area contributed by atoms with Gasteiger partial charge in [-0.1, -0.05) is 13.3 Å². The summed E-state index contributed by atoms with van der Waals surface area (Å²) in [5.41, 5.74) is 5.10. The molecule has 0 bridgehead atoms. The highest BCUT2D eigenvalue weighted by molar-refractivity contribution is 5.90. The number of ether oxygens (including phenoxy) is 2. The highest BCUT2D eigenvalue weighted by Gasteiger charge is 2.47. The Morgan fingerprint density at radius 3 is 2.93 bits per heavy atom. The van der Waals surface area contributed by atoms with E-state index >= 15 is 0 Å². The normalized spacial score (nSPS) is 26.2. The molecule has 1 saturated heterocycles. The summed E-state index contributed by atoms with van der Waals surface area (Å²) in [7, 11) is 0. The molecule has 1 unspecified atom stereocenters. The first kappa shape index (κ1) is 11.0. The Balaban J connectivity index is 2.55. The van der Waals surface area contributed by atoms with E-state index in [4.69, 9.17) is 15.2 Å². The molecular formula is C9H14NO4. The molecule has 1 fully saturated rings. The van der Waals surface area contributed by atoms with E-state index in [0.29, 0.717) is 6.61 Å². The zero-order valence-electron chi connectivity index (χ0n) is 8.12. The number of nitrogens with two attached hydrogens (primary N) is 1. The number of carbonyl (C=O) groups is 2. The molecule has 1 amide bonds. The lowest BCUT2D eigenvalue weighted by Gasteiger charge is -2.23. The number of unbranched alkanes of at least 4 members (excludes halogenated alkanes) is 1. The Bertz CT molecular complexity index is 241. The fraction of sp³-hybridized carbons (Fsp3) is 0.667. The second-order valence-corrected chi connectivity index (χ2v) is 3.12. The van der Waals surface area contributed by atoms with Crippen LogP contribution in [0.25, 0.3) is 0 Å². The SMILES string of the molecule is CCCCOC1(C(N)=O)[CH]CC(=O)O1. The Morgan fingerprint density at radius 1 is 1.79 bits per heavy atom. The van der Waals surface area contributed by atoms with Crippen molar-refractivity contribution in [1.82, 2.24) is 0 Å². The van der Waals surface area contributed by atoms with Crippen LogP contribution in [0.15, 0.2) is 0 Å². The van der Waals surface area contributed by atoms with Crippen molar-refractivity contribution in [3.63, 3.8) is 0 Å². The van der Waals surface area contributed by atoms with E-state index in [0.717, 1.165) is 12.8 Å². The van der Waals surface area contributed by atoms with Crippen LogP contribution < -0.4 is 5.73 Å². The predicted molar refractivity (Wildman–Crippen MR) is 47.8 cm³/mol. The molecule has 5 heteroatoms. The van der Waals surface area contributed by atoms with Gasteiger partial charge >= 0.3 is 5.97 Å². The number of primary amides is 1. The molecule has 0 aromatic heterocycles. The molecule has 1 atom stereocenters. The molecule has 1 aliphatic heterocycles. The first-order valence-electron chi connectivity index (χ1n) is 4.61. The summed E-state index contributed by atoms with van der Waals surface area (Å²) in [4.78, 5) is 21.9. The minimum Gasteiger partial charge on any atom is -0.423 e. The summed E-state index contributed by atoms with van der Waals surface area (Å²) in [5.74, 6) is -2.88. The van der Waals surface area contributed by atoms with E-state index < -0.39 is 17.7 Å². The smallest absolute Gasteiger partial charge is 0.309 e. The first-order valence-corrected chi connectivity index (χ1v) is 4.61. The zero-order chi connectivity index (χ0) is 10.6. The van der Waals surface area contributed by atoms with Crippen molar-refractivity contribution < 1.29 is 19.1 Å². The minimum atomic E-state index is -1.62. The van der Waals surface area contributed by atoms with Crippen molar-refractivity contribution in [2.45, 2.75) is 32.0 Å². The maximum atomic E-state index is 11.1. The molecule has 0 saturated carbocycles. The molecule has 0 aromatic rings. The number of rotatable bonds is 5. The summed E-state index contributed by atoms with van der Waals surface area (Å²) in [6.45, 7) is 2.34. The summed E-state index contributed by atoms with van der Waals surface area (Å²) >= 11 is 0. The van der Waals surface area contributed by atoms with E-state index in [1.165, 1.54) is 6.42 Å². The second kappa shape index (κ2) is 4.41. The van der Waals surface area contributed by atoms with Gasteiger partial charge in [0.25, 0.3) is 11.7 Å². The fourth-order valence-electron chi connectivity index (χ4n) is 1.15. The third-order valence-electron chi connectivity index (χ3n) is 1.96. The first-order chi connectivity index (χ1) is 6.60. The monoisotopic (exact) mass is 200 g/mol. The molecule has 1 radical (unpaired) electrons. The van der Waals surface area contributed by atoms with Gasteiger partial charge in [-0.15, -0.1) is 0 Å². The molecule has 2 N–H and O–H groups in total. The zero-order valence-corrected chi connectivity index (χ0v) is 8.12. The topological polar surface area (TPSA) is 78.6 Å². The molecule has 14 heavy (non-hydrogen) atoms. The van der Waals surface area contributed by atoms with Crippen molar-refractivity contribution in [3.8, 4) is 0 Å². The third-order valence-corrected chi connectivity index (χ3v) is 1.96. The highest BCUT2D eigenvalue weighted by Crippen LogP contribution is 2.26. The Labute approximate surface area is 82.5 Å². The van der Waals surface area contributed by atoms with Crippen molar-refractivity contribution in [3.05, 3.63) is 6.42 Å². The predicted octanol–water partition coefficient (Wildman–Crippen LogP) is 0.136. The summed E-state index contributed by atoms with van der Waals surface area (Å²) < 4.78 is 9.96. The molecular weight excluding hydrogens is 186 g/mol. The molecule has 1 rings (SSSR count). The van der Waals surface area contributed by atoms with Crippen molar-refractivity contribution in [2.24, 2.45) is 5.73 Å². The van der Waals surface area contributed by atoms with Gasteiger partial charge in [-0.25, -0.2) is 0 Å². The molecule has 79 valence electrons. The molecule has 0 aromatic carbocycles. The van der Waals surface area contributed by atoms with Gasteiger partial charge < -0.3 is 15.2 Å². The number of hydrogen-bond donors (Lipinski definition) is 1. The average molecular weight is 200 g/mol. The van der Waals surface area contributed by atoms with Gasteiger partial charge in [-0.2, -0.15) is 0 Å². The lowest BCUT2D eigenvalue weighted by atomic mass is 10.2. The van der Waals surface area contributed by atoms with Crippen molar-refractivity contribution in [1.29, 1.82) is 0 Å². The van der Waals surface area contributed by atoms with E-state index in [1.807, 2.05) is 6.92 Å². The minimum absolute atomic E-state index is 0.0645. The number of esters is 1. The number of hydrogen-bond acceptors (Lipinski definition) is 4. The van der Waals surface area contributed by atoms with Crippen LogP contribution in [0.5, 0.6) is 0 Å². The molecule has 5 nitrogen and oxygen atoms in total. The standard InChI is InChI=1S/C9H14NO4/c1-2-3-6-13-9(8(10)12)5-4-7(11)14-9/h5H,2-4,6H2,1H3,(H2,10,12). The maximum Gasteiger partial charge on any atom is 0.309 e. The summed E-state index contributed by atoms with van der Waals surface area (Å²) in [5, 5.41) is 0. The largest absolute Gasteiger partial charge is 0.423 e. The van der Waals surface area contributed by atoms with Crippen LogP contribution >= 0.6 is 0 Å². The van der Waals surface area contributed by atoms with Crippen LogP contribution in [-0.4, -0.2) is 24.3 Å². The average Bonchev–Trinajstić information content (AvgIpc) is 2.49. The van der Waals surface area contributed by atoms with Crippen LogP contribution in [0.4, 0.5) is 0 Å². The number of carbonyl (C=O) groups excluding carboxylic acids is 2. The van der Waals surface area contributed by atoms with Gasteiger partial charge in [-0.3, -0.25) is 9.59 Å². The van der Waals surface area contributed by atoms with Gasteiger partial charge in [0.15, 0.2) is 0 Å². The second-order valence-electron chi connectivity index (χ2n) is 3.12. The fourth-order valence-corrected chi connectivity index (χ4v) is 1.15. The molecule has 0 spiro atoms. The summed E-state index contributed by atoms with van der Waals surface area (Å²) in [6, 6.07) is 0. The van der Waals surface area contributed by atoms with Crippen molar-refractivity contribution in [2.75, 3.05) is 6.61 Å². The van der Waals surface area contributed by atoms with Crippen LogP contribution in [0.3, 0.4) is 0 Å². The number of amides is 1. The van der Waals surface area contributed by atoms with Gasteiger partial charge in [0.1, 0.15) is 0 Å². The van der Waals surface area contributed by atoms with E-state index in [9.17, 15) is 9.59 Å². The van der Waals surface area contributed by atoms with Gasteiger partial charge in [0.2, 0.25) is 0 Å². The highest BCUT2D eigenvalue weighted by atomic mass is 16.7. The quantitative estimate of drug-likeness (QED) is 0.505. The van der Waals surface area contributed by atoms with Gasteiger partial charge in [0, 0.05) is 0 Å². The Kier molecular flexibility index (Phi) is 3.46. The maximum absolute atomic E-state index is 11.1. The van der Waals surface area contributed by atoms with Crippen LogP contribution in [0, 0.1) is 6.42 Å². The van der Waals surface area contributed by atoms with E-state index in [2.05, 4.69) is 0 Å². The van der Waals surface area contributed by atoms with E-state index in [-0.39, 0.29) is 6.42 Å². The van der Waals surface area contributed by atoms with Crippen LogP contribution in [0.2, 0.25) is 0 Å². The third kappa shape index (κ3) is 2.23. The lowest BCUT2D eigenvalue weighted by Crippen LogP contribution is -2.46. The van der Waals surface area contributed by atoms with Crippen LogP contribution in [0.1, 0.15) is 26.2 Å². The van der Waals surface area contributed by atoms with Gasteiger partial charge in [-0.05, 0) is 6.42 Å². The molecule has 0 aliphatic carbocycles. The molecule has 1 heterocycles.